The minimum absolute atomic E-state index is 0.0136. The van der Waals surface area contributed by atoms with Crippen LogP contribution < -0.4 is 16.4 Å². The monoisotopic (exact) mass is 478 g/mol. The molecule has 2 rings (SSSR count). The molecule has 1 aliphatic rings. The van der Waals surface area contributed by atoms with Crippen molar-refractivity contribution in [2.24, 2.45) is 11.7 Å². The maximum atomic E-state index is 13.3. The lowest BCUT2D eigenvalue weighted by Crippen LogP contribution is -2.58. The van der Waals surface area contributed by atoms with Crippen molar-refractivity contribution in [3.05, 3.63) is 35.9 Å². The number of thiol groups is 1. The van der Waals surface area contributed by atoms with Gasteiger partial charge >= 0.3 is 5.97 Å². The van der Waals surface area contributed by atoms with Crippen molar-refractivity contribution in [2.45, 2.75) is 63.7 Å². The number of nitrogens with one attached hydrogen (secondary N) is 2. The van der Waals surface area contributed by atoms with Crippen LogP contribution in [0.3, 0.4) is 0 Å². The van der Waals surface area contributed by atoms with Gasteiger partial charge in [0.15, 0.2) is 0 Å². The van der Waals surface area contributed by atoms with Crippen LogP contribution >= 0.6 is 12.6 Å². The Morgan fingerprint density at radius 2 is 1.76 bits per heavy atom. The fraction of sp³-hybridized carbons (Fsp3) is 0.565. The van der Waals surface area contributed by atoms with E-state index >= 15 is 0 Å². The summed E-state index contributed by atoms with van der Waals surface area (Å²) in [6.07, 6.45) is 1.61. The molecule has 0 saturated carbocycles. The summed E-state index contributed by atoms with van der Waals surface area (Å²) < 4.78 is 0. The summed E-state index contributed by atoms with van der Waals surface area (Å²) in [5, 5.41) is 14.8. The average molecular weight is 479 g/mol. The molecule has 1 aliphatic heterocycles. The average Bonchev–Trinajstić information content (AvgIpc) is 3.26. The third-order valence-corrected chi connectivity index (χ3v) is 5.96. The lowest BCUT2D eigenvalue weighted by molar-refractivity contribution is -0.149. The Balaban J connectivity index is 2.16. The molecule has 1 aromatic carbocycles. The molecule has 4 atom stereocenters. The van der Waals surface area contributed by atoms with Gasteiger partial charge in [-0.25, -0.2) is 4.79 Å². The van der Waals surface area contributed by atoms with Crippen LogP contribution in [0.4, 0.5) is 0 Å². The SMILES string of the molecule is CC(C)CC(N)C(=O)NC(CS)C(=O)NC(Cc1ccccc1)C(=O)N1CCCC1C(=O)O. The summed E-state index contributed by atoms with van der Waals surface area (Å²) >= 11 is 4.18. The Morgan fingerprint density at radius 3 is 2.33 bits per heavy atom. The quantitative estimate of drug-likeness (QED) is 0.295. The van der Waals surface area contributed by atoms with Crippen LogP contribution in [0.2, 0.25) is 0 Å². The Hall–Kier alpha value is -2.59. The van der Waals surface area contributed by atoms with Crippen molar-refractivity contribution < 1.29 is 24.3 Å². The van der Waals surface area contributed by atoms with Crippen LogP contribution in [-0.4, -0.2) is 70.2 Å². The fourth-order valence-electron chi connectivity index (χ4n) is 3.90. The number of rotatable bonds is 11. The standard InChI is InChI=1S/C23H34N4O5S/c1-14(2)11-16(24)20(28)26-18(13-33)21(29)25-17(12-15-7-4-3-5-8-15)22(30)27-10-6-9-19(27)23(31)32/h3-5,7-8,14,16-19,33H,6,9-13,24H2,1-2H3,(H,25,29)(H,26,28)(H,31,32). The minimum Gasteiger partial charge on any atom is -0.480 e. The predicted molar refractivity (Wildman–Crippen MR) is 128 cm³/mol. The molecular formula is C23H34N4O5S. The molecule has 5 N–H and O–H groups in total. The van der Waals surface area contributed by atoms with Crippen molar-refractivity contribution >= 4 is 36.3 Å². The first-order valence-corrected chi connectivity index (χ1v) is 11.8. The molecule has 10 heteroatoms. The van der Waals surface area contributed by atoms with Crippen molar-refractivity contribution in [1.82, 2.24) is 15.5 Å². The highest BCUT2D eigenvalue weighted by Crippen LogP contribution is 2.20. The topological polar surface area (TPSA) is 142 Å². The van der Waals surface area contributed by atoms with Crippen LogP contribution in [0.25, 0.3) is 0 Å². The summed E-state index contributed by atoms with van der Waals surface area (Å²) in [6, 6.07) is 5.49. The lowest BCUT2D eigenvalue weighted by Gasteiger charge is -2.29. The van der Waals surface area contributed by atoms with E-state index < -0.39 is 47.9 Å². The number of hydrogen-bond donors (Lipinski definition) is 5. The number of carbonyl (C=O) groups is 4. The molecule has 182 valence electrons. The van der Waals surface area contributed by atoms with Crippen molar-refractivity contribution in [3.8, 4) is 0 Å². The van der Waals surface area contributed by atoms with E-state index in [1.807, 2.05) is 44.2 Å². The zero-order valence-electron chi connectivity index (χ0n) is 19.1. The van der Waals surface area contributed by atoms with Gasteiger partial charge in [-0.05, 0) is 30.7 Å². The molecule has 1 heterocycles. The molecule has 0 aliphatic carbocycles. The van der Waals surface area contributed by atoms with Gasteiger partial charge in [-0.15, -0.1) is 0 Å². The number of benzene rings is 1. The number of hydrogen-bond acceptors (Lipinski definition) is 6. The van der Waals surface area contributed by atoms with Gasteiger partial charge in [-0.1, -0.05) is 44.2 Å². The summed E-state index contributed by atoms with van der Waals surface area (Å²) in [5.74, 6) is -2.34. The molecule has 1 aromatic rings. The summed E-state index contributed by atoms with van der Waals surface area (Å²) in [5.41, 5.74) is 6.73. The molecule has 33 heavy (non-hydrogen) atoms. The smallest absolute Gasteiger partial charge is 0.326 e. The Labute approximate surface area is 199 Å². The second kappa shape index (κ2) is 12.6. The van der Waals surface area contributed by atoms with E-state index in [1.54, 1.807) is 0 Å². The summed E-state index contributed by atoms with van der Waals surface area (Å²) in [4.78, 5) is 51.6. The highest BCUT2D eigenvalue weighted by atomic mass is 32.1. The highest BCUT2D eigenvalue weighted by Gasteiger charge is 2.38. The number of likely N-dealkylation sites (tertiary alicyclic amines) is 1. The molecule has 0 spiro atoms. The largest absolute Gasteiger partial charge is 0.480 e. The lowest BCUT2D eigenvalue weighted by atomic mass is 10.0. The third-order valence-electron chi connectivity index (χ3n) is 5.60. The molecule has 4 unspecified atom stereocenters. The minimum atomic E-state index is -1.06. The fourth-order valence-corrected chi connectivity index (χ4v) is 4.15. The molecule has 9 nitrogen and oxygen atoms in total. The number of aliphatic carboxylic acids is 1. The maximum absolute atomic E-state index is 13.3. The highest BCUT2D eigenvalue weighted by molar-refractivity contribution is 7.80. The zero-order valence-corrected chi connectivity index (χ0v) is 20.0. The third kappa shape index (κ3) is 7.75. The zero-order chi connectivity index (χ0) is 24.5. The van der Waals surface area contributed by atoms with Gasteiger partial charge in [0.25, 0.3) is 0 Å². The van der Waals surface area contributed by atoms with E-state index in [4.69, 9.17) is 5.73 Å². The first kappa shape index (κ1) is 26.7. The number of carboxylic acids is 1. The molecule has 0 radical (unpaired) electrons. The van der Waals surface area contributed by atoms with Gasteiger partial charge in [0.05, 0.1) is 6.04 Å². The van der Waals surface area contributed by atoms with Gasteiger partial charge in [-0.3, -0.25) is 14.4 Å². The van der Waals surface area contributed by atoms with Crippen LogP contribution in [0, 0.1) is 5.92 Å². The maximum Gasteiger partial charge on any atom is 0.326 e. The number of nitrogens with two attached hydrogens (primary N) is 1. The van der Waals surface area contributed by atoms with Crippen LogP contribution in [0.5, 0.6) is 0 Å². The van der Waals surface area contributed by atoms with Crippen molar-refractivity contribution in [2.75, 3.05) is 12.3 Å². The first-order valence-electron chi connectivity index (χ1n) is 11.2. The van der Waals surface area contributed by atoms with Gasteiger partial charge in [0.2, 0.25) is 17.7 Å². The van der Waals surface area contributed by atoms with E-state index in [0.717, 1.165) is 5.56 Å². The van der Waals surface area contributed by atoms with E-state index in [-0.39, 0.29) is 18.1 Å². The number of carbonyl (C=O) groups excluding carboxylic acids is 3. The summed E-state index contributed by atoms with van der Waals surface area (Å²) in [6.45, 7) is 4.20. The molecule has 0 aromatic heterocycles. The Kier molecular flexibility index (Phi) is 10.2. The van der Waals surface area contributed by atoms with Gasteiger partial charge < -0.3 is 26.4 Å². The van der Waals surface area contributed by atoms with Gasteiger partial charge in [-0.2, -0.15) is 12.6 Å². The second-order valence-electron chi connectivity index (χ2n) is 8.76. The van der Waals surface area contributed by atoms with E-state index in [1.165, 1.54) is 4.90 Å². The van der Waals surface area contributed by atoms with E-state index in [2.05, 4.69) is 23.3 Å². The Bertz CT molecular complexity index is 835. The van der Waals surface area contributed by atoms with Crippen molar-refractivity contribution in [3.63, 3.8) is 0 Å². The molecule has 3 amide bonds. The van der Waals surface area contributed by atoms with Crippen LogP contribution in [-0.2, 0) is 25.6 Å². The number of amides is 3. The van der Waals surface area contributed by atoms with Crippen molar-refractivity contribution in [1.29, 1.82) is 0 Å². The molecule has 1 fully saturated rings. The predicted octanol–water partition coefficient (Wildman–Crippen LogP) is 0.578. The van der Waals surface area contributed by atoms with Gasteiger partial charge in [0, 0.05) is 18.7 Å². The number of nitrogens with zero attached hydrogens (tertiary/aromatic N) is 1. The molecular weight excluding hydrogens is 444 g/mol. The normalized spacial score (nSPS) is 18.5. The summed E-state index contributed by atoms with van der Waals surface area (Å²) in [7, 11) is 0. The molecule has 0 bridgehead atoms. The Morgan fingerprint density at radius 1 is 1.12 bits per heavy atom. The van der Waals surface area contributed by atoms with E-state index in [0.29, 0.717) is 25.8 Å². The van der Waals surface area contributed by atoms with Crippen LogP contribution in [0.1, 0.15) is 38.7 Å². The second-order valence-corrected chi connectivity index (χ2v) is 9.12. The first-order chi connectivity index (χ1) is 15.6. The van der Waals surface area contributed by atoms with Crippen LogP contribution in [0.15, 0.2) is 30.3 Å². The number of carboxylic acid groups (broad SMARTS) is 1. The van der Waals surface area contributed by atoms with Gasteiger partial charge in [0.1, 0.15) is 18.1 Å². The molecule has 1 saturated heterocycles. The van der Waals surface area contributed by atoms with E-state index in [9.17, 15) is 24.3 Å².